The summed E-state index contributed by atoms with van der Waals surface area (Å²) in [5.41, 5.74) is 2.23. The van der Waals surface area contributed by atoms with Gasteiger partial charge in [0.05, 0.1) is 26.2 Å². The van der Waals surface area contributed by atoms with Crippen molar-refractivity contribution in [2.24, 2.45) is 0 Å². The van der Waals surface area contributed by atoms with Gasteiger partial charge in [0.15, 0.2) is 11.5 Å². The van der Waals surface area contributed by atoms with Crippen molar-refractivity contribution in [1.29, 1.82) is 0 Å². The number of hydrogen-bond acceptors (Lipinski definition) is 8. The number of anilines is 2. The van der Waals surface area contributed by atoms with Gasteiger partial charge in [-0.25, -0.2) is 8.42 Å². The number of nitrogens with one attached hydrogen (secondary N) is 3. The lowest BCUT2D eigenvalue weighted by Crippen LogP contribution is -2.46. The standard InChI is InChI=1S/C25H35N3O7S/c1-25(2,13-16-6-10-21(33-3)22(12-16)34-4)26-14-17(29)15-35-24-18-7-11-23(30)27-19(18)8-9-20(24)28-36(5,31)32/h6,8-10,12,17,26,28-29H,7,11,13-15H2,1-5H3,(H,27,30). The molecule has 10 nitrogen and oxygen atoms in total. The van der Waals surface area contributed by atoms with Crippen LogP contribution in [-0.2, 0) is 27.7 Å². The molecule has 3 rings (SSSR count). The summed E-state index contributed by atoms with van der Waals surface area (Å²) >= 11 is 0. The van der Waals surface area contributed by atoms with Crippen LogP contribution in [-0.4, -0.2) is 64.7 Å². The number of benzene rings is 2. The van der Waals surface area contributed by atoms with Gasteiger partial charge in [0.25, 0.3) is 0 Å². The monoisotopic (exact) mass is 521 g/mol. The molecular weight excluding hydrogens is 486 g/mol. The molecule has 1 aliphatic heterocycles. The second-order valence-electron chi connectivity index (χ2n) is 9.49. The molecule has 0 saturated heterocycles. The van der Waals surface area contributed by atoms with E-state index in [4.69, 9.17) is 14.2 Å². The Balaban J connectivity index is 1.64. The summed E-state index contributed by atoms with van der Waals surface area (Å²) in [4.78, 5) is 11.8. The van der Waals surface area contributed by atoms with Crippen LogP contribution in [0.25, 0.3) is 0 Å². The van der Waals surface area contributed by atoms with E-state index in [-0.39, 0.29) is 36.7 Å². The van der Waals surface area contributed by atoms with Gasteiger partial charge in [-0.3, -0.25) is 9.52 Å². The van der Waals surface area contributed by atoms with Gasteiger partial charge in [0, 0.05) is 29.8 Å². The van der Waals surface area contributed by atoms with E-state index in [1.807, 2.05) is 32.0 Å². The number of rotatable bonds is 12. The lowest BCUT2D eigenvalue weighted by atomic mass is 9.94. The van der Waals surface area contributed by atoms with E-state index < -0.39 is 16.1 Å². The van der Waals surface area contributed by atoms with Gasteiger partial charge in [-0.2, -0.15) is 0 Å². The summed E-state index contributed by atoms with van der Waals surface area (Å²) in [5.74, 6) is 1.51. The van der Waals surface area contributed by atoms with Crippen molar-refractivity contribution < 1.29 is 32.5 Å². The highest BCUT2D eigenvalue weighted by Crippen LogP contribution is 2.38. The largest absolute Gasteiger partial charge is 0.493 e. The number of ether oxygens (including phenoxy) is 3. The molecule has 1 aliphatic rings. The zero-order valence-corrected chi connectivity index (χ0v) is 22.1. The molecule has 1 amide bonds. The maximum Gasteiger partial charge on any atom is 0.229 e. The zero-order valence-electron chi connectivity index (χ0n) is 21.3. The fraction of sp³-hybridized carbons (Fsp3) is 0.480. The first kappa shape index (κ1) is 27.6. The van der Waals surface area contributed by atoms with E-state index in [1.165, 1.54) is 6.07 Å². The number of carbonyl (C=O) groups is 1. The van der Waals surface area contributed by atoms with Crippen molar-refractivity contribution >= 4 is 27.3 Å². The molecule has 0 spiro atoms. The average molecular weight is 522 g/mol. The molecule has 11 heteroatoms. The summed E-state index contributed by atoms with van der Waals surface area (Å²) in [6, 6.07) is 8.94. The van der Waals surface area contributed by atoms with Crippen LogP contribution in [0.15, 0.2) is 30.3 Å². The molecule has 0 bridgehead atoms. The number of amides is 1. The average Bonchev–Trinajstić information content (AvgIpc) is 2.80. The molecular formula is C25H35N3O7S. The number of carbonyl (C=O) groups excluding carboxylic acids is 1. The molecule has 2 aromatic rings. The lowest BCUT2D eigenvalue weighted by Gasteiger charge is -2.29. The third-order valence-corrected chi connectivity index (χ3v) is 6.35. The number of aliphatic hydroxyl groups excluding tert-OH is 1. The number of fused-ring (bicyclic) bond motifs is 1. The van der Waals surface area contributed by atoms with Crippen LogP contribution in [0.3, 0.4) is 0 Å². The number of hydrogen-bond donors (Lipinski definition) is 4. The van der Waals surface area contributed by atoms with Crippen molar-refractivity contribution in [1.82, 2.24) is 5.32 Å². The Hall–Kier alpha value is -3.02. The predicted octanol–water partition coefficient (Wildman–Crippen LogP) is 2.31. The number of aliphatic hydroxyl groups is 1. The molecule has 0 aromatic heterocycles. The van der Waals surface area contributed by atoms with Crippen LogP contribution in [0.5, 0.6) is 17.2 Å². The quantitative estimate of drug-likeness (QED) is 0.334. The predicted molar refractivity (Wildman–Crippen MR) is 139 cm³/mol. The summed E-state index contributed by atoms with van der Waals surface area (Å²) in [6.45, 7) is 4.24. The summed E-state index contributed by atoms with van der Waals surface area (Å²) in [5, 5.41) is 16.8. The highest BCUT2D eigenvalue weighted by molar-refractivity contribution is 7.92. The molecule has 1 atom stereocenters. The summed E-state index contributed by atoms with van der Waals surface area (Å²) < 4.78 is 42.7. The lowest BCUT2D eigenvalue weighted by molar-refractivity contribution is -0.116. The molecule has 36 heavy (non-hydrogen) atoms. The number of β-amino-alcohol motifs (C(OH)–C–C–N with tert-alkyl or cyclic N) is 1. The summed E-state index contributed by atoms with van der Waals surface area (Å²) in [7, 11) is -0.369. The Morgan fingerprint density at radius 1 is 1.11 bits per heavy atom. The Bertz CT molecular complexity index is 1200. The van der Waals surface area contributed by atoms with Gasteiger partial charge in [-0.15, -0.1) is 0 Å². The third kappa shape index (κ3) is 7.49. The molecule has 0 saturated carbocycles. The van der Waals surface area contributed by atoms with E-state index in [0.717, 1.165) is 11.8 Å². The highest BCUT2D eigenvalue weighted by atomic mass is 32.2. The second-order valence-corrected chi connectivity index (χ2v) is 11.2. The van der Waals surface area contributed by atoms with E-state index in [2.05, 4.69) is 15.4 Å². The molecule has 0 fully saturated rings. The van der Waals surface area contributed by atoms with Crippen LogP contribution in [0.1, 0.15) is 31.4 Å². The topological polar surface area (TPSA) is 135 Å². The molecule has 0 aliphatic carbocycles. The fourth-order valence-electron chi connectivity index (χ4n) is 4.09. The van der Waals surface area contributed by atoms with Crippen LogP contribution in [0.4, 0.5) is 11.4 Å². The van der Waals surface area contributed by atoms with Gasteiger partial charge in [0.2, 0.25) is 15.9 Å². The molecule has 1 unspecified atom stereocenters. The van der Waals surface area contributed by atoms with Crippen LogP contribution in [0, 0.1) is 0 Å². The minimum Gasteiger partial charge on any atom is -0.493 e. The van der Waals surface area contributed by atoms with Gasteiger partial charge in [-0.05, 0) is 56.5 Å². The zero-order chi connectivity index (χ0) is 26.5. The molecule has 198 valence electrons. The Labute approximate surface area is 212 Å². The van der Waals surface area contributed by atoms with E-state index >= 15 is 0 Å². The van der Waals surface area contributed by atoms with E-state index in [0.29, 0.717) is 41.3 Å². The van der Waals surface area contributed by atoms with Gasteiger partial charge >= 0.3 is 0 Å². The van der Waals surface area contributed by atoms with Crippen molar-refractivity contribution in [3.63, 3.8) is 0 Å². The smallest absolute Gasteiger partial charge is 0.229 e. The van der Waals surface area contributed by atoms with Crippen molar-refractivity contribution in [2.45, 2.75) is 44.8 Å². The molecule has 4 N–H and O–H groups in total. The Morgan fingerprint density at radius 3 is 2.50 bits per heavy atom. The first-order valence-corrected chi connectivity index (χ1v) is 13.5. The highest BCUT2D eigenvalue weighted by Gasteiger charge is 2.24. The van der Waals surface area contributed by atoms with Gasteiger partial charge in [0.1, 0.15) is 18.5 Å². The van der Waals surface area contributed by atoms with E-state index in [9.17, 15) is 18.3 Å². The third-order valence-electron chi connectivity index (χ3n) is 5.76. The van der Waals surface area contributed by atoms with Gasteiger partial charge < -0.3 is 30.0 Å². The Morgan fingerprint density at radius 2 is 1.83 bits per heavy atom. The molecule has 2 aromatic carbocycles. The fourth-order valence-corrected chi connectivity index (χ4v) is 4.65. The maximum atomic E-state index is 11.8. The van der Waals surface area contributed by atoms with Gasteiger partial charge in [-0.1, -0.05) is 6.07 Å². The van der Waals surface area contributed by atoms with Crippen molar-refractivity contribution in [2.75, 3.05) is 43.7 Å². The SMILES string of the molecule is COc1ccc(CC(C)(C)NCC(O)COc2c(NS(C)(=O)=O)ccc3c2CCC(=O)N3)cc1OC. The normalized spacial score (nSPS) is 14.4. The van der Waals surface area contributed by atoms with Crippen molar-refractivity contribution in [3.05, 3.63) is 41.5 Å². The minimum atomic E-state index is -3.55. The van der Waals surface area contributed by atoms with E-state index in [1.54, 1.807) is 20.3 Å². The summed E-state index contributed by atoms with van der Waals surface area (Å²) in [6.07, 6.45) is 1.53. The van der Waals surface area contributed by atoms with Crippen LogP contribution in [0.2, 0.25) is 0 Å². The van der Waals surface area contributed by atoms with Crippen LogP contribution < -0.4 is 29.6 Å². The number of sulfonamides is 1. The van der Waals surface area contributed by atoms with Crippen LogP contribution >= 0.6 is 0 Å². The Kier molecular flexibility index (Phi) is 8.70. The van der Waals surface area contributed by atoms with Crippen molar-refractivity contribution in [3.8, 4) is 17.2 Å². The first-order chi connectivity index (χ1) is 16.9. The molecule has 1 heterocycles. The second kappa shape index (κ2) is 11.4. The minimum absolute atomic E-state index is 0.0672. The molecule has 0 radical (unpaired) electrons. The number of methoxy groups -OCH3 is 2. The first-order valence-electron chi connectivity index (χ1n) is 11.6. The maximum absolute atomic E-state index is 11.8.